The molecule has 0 spiro atoms. The van der Waals surface area contributed by atoms with Gasteiger partial charge in [0.25, 0.3) is 0 Å². The van der Waals surface area contributed by atoms with Gasteiger partial charge in [0.1, 0.15) is 12.2 Å². The van der Waals surface area contributed by atoms with Gasteiger partial charge in [-0.05, 0) is 0 Å². The summed E-state index contributed by atoms with van der Waals surface area (Å²) >= 11 is 0. The van der Waals surface area contributed by atoms with Crippen LogP contribution in [0.3, 0.4) is 0 Å². The lowest BCUT2D eigenvalue weighted by Gasteiger charge is -2.06. The summed E-state index contributed by atoms with van der Waals surface area (Å²) in [7, 11) is 0. The lowest BCUT2D eigenvalue weighted by molar-refractivity contribution is -0.121. The minimum Gasteiger partial charge on any atom is -0.394 e. The molecule has 8 heavy (non-hydrogen) atoms. The Morgan fingerprint density at radius 1 is 1.50 bits per heavy atom. The van der Waals surface area contributed by atoms with Crippen molar-refractivity contribution in [2.45, 2.75) is 12.2 Å². The van der Waals surface area contributed by atoms with Crippen molar-refractivity contribution in [1.82, 2.24) is 0 Å². The van der Waals surface area contributed by atoms with Gasteiger partial charge in [0.05, 0.1) is 6.61 Å². The van der Waals surface area contributed by atoms with Crippen molar-refractivity contribution in [2.24, 2.45) is 0 Å². The van der Waals surface area contributed by atoms with Gasteiger partial charge in [0.15, 0.2) is 6.29 Å². The zero-order valence-corrected chi connectivity index (χ0v) is 4.19. The molecule has 0 rings (SSSR count). The first-order valence-corrected chi connectivity index (χ1v) is 2.14. The first kappa shape index (κ1) is 7.55. The summed E-state index contributed by atoms with van der Waals surface area (Å²) in [5.74, 6) is 0. The summed E-state index contributed by atoms with van der Waals surface area (Å²) < 4.78 is 0. The van der Waals surface area contributed by atoms with Crippen LogP contribution in [-0.2, 0) is 4.79 Å². The van der Waals surface area contributed by atoms with E-state index in [-0.39, 0.29) is 6.29 Å². The average Bonchev–Trinajstić information content (AvgIpc) is 1.84. The van der Waals surface area contributed by atoms with Crippen LogP contribution in [0.2, 0.25) is 0 Å². The standard InChI is InChI=1S/C4H8O4/c5-1-3(7)4(8)2-6/h1,3-4,6-8H,2H2/t3-,4-/m0/s1. The smallest absolute Gasteiger partial charge is 0.151 e. The highest BCUT2D eigenvalue weighted by Gasteiger charge is 2.12. The maximum atomic E-state index is 9.58. The summed E-state index contributed by atoms with van der Waals surface area (Å²) in [6.45, 7) is -0.597. The summed E-state index contributed by atoms with van der Waals surface area (Å²) in [5.41, 5.74) is 0. The minimum absolute atomic E-state index is 0.168. The predicted octanol–water partition coefficient (Wildman–Crippen LogP) is -2.10. The van der Waals surface area contributed by atoms with Crippen molar-refractivity contribution in [3.05, 3.63) is 0 Å². The fourth-order valence-electron chi connectivity index (χ4n) is 0.199. The SMILES string of the molecule is O=C[C@H](O)[C@@H](O)CO. The molecule has 0 saturated heterocycles. The van der Waals surface area contributed by atoms with Crippen LogP contribution in [0, 0.1) is 0 Å². The van der Waals surface area contributed by atoms with E-state index in [1.165, 1.54) is 0 Å². The Morgan fingerprint density at radius 3 is 2.12 bits per heavy atom. The van der Waals surface area contributed by atoms with E-state index in [1.807, 2.05) is 0 Å². The molecule has 48 valence electrons. The van der Waals surface area contributed by atoms with E-state index >= 15 is 0 Å². The number of carbonyl (C=O) groups excluding carboxylic acids is 1. The third-order valence-corrected chi connectivity index (χ3v) is 0.721. The second-order valence-electron chi connectivity index (χ2n) is 1.38. The molecule has 0 fully saturated rings. The molecule has 4 heteroatoms. The van der Waals surface area contributed by atoms with Crippen molar-refractivity contribution in [3.63, 3.8) is 0 Å². The lowest BCUT2D eigenvalue weighted by atomic mass is 10.2. The fraction of sp³-hybridized carbons (Fsp3) is 0.750. The van der Waals surface area contributed by atoms with Crippen molar-refractivity contribution in [1.29, 1.82) is 0 Å². The highest BCUT2D eigenvalue weighted by Crippen LogP contribution is 1.85. The van der Waals surface area contributed by atoms with E-state index < -0.39 is 18.8 Å². The molecule has 4 nitrogen and oxygen atoms in total. The Labute approximate surface area is 46.4 Å². The number of hydrogen-bond acceptors (Lipinski definition) is 4. The topological polar surface area (TPSA) is 77.8 Å². The van der Waals surface area contributed by atoms with Crippen molar-refractivity contribution in [2.75, 3.05) is 6.61 Å². The Kier molecular flexibility index (Phi) is 3.34. The van der Waals surface area contributed by atoms with Gasteiger partial charge in [-0.15, -0.1) is 0 Å². The van der Waals surface area contributed by atoms with Crippen LogP contribution in [0.15, 0.2) is 0 Å². The lowest BCUT2D eigenvalue weighted by Crippen LogP contribution is -2.30. The maximum absolute atomic E-state index is 9.58. The van der Waals surface area contributed by atoms with Gasteiger partial charge in [0, 0.05) is 0 Å². The molecule has 2 atom stereocenters. The van der Waals surface area contributed by atoms with E-state index in [0.29, 0.717) is 0 Å². The fourth-order valence-corrected chi connectivity index (χ4v) is 0.199. The van der Waals surface area contributed by atoms with Gasteiger partial charge in [-0.25, -0.2) is 0 Å². The average molecular weight is 120 g/mol. The Hall–Kier alpha value is -0.450. The molecule has 0 aliphatic carbocycles. The van der Waals surface area contributed by atoms with Crippen molar-refractivity contribution < 1.29 is 20.1 Å². The van der Waals surface area contributed by atoms with Gasteiger partial charge in [0.2, 0.25) is 0 Å². The molecule has 0 aliphatic rings. The third kappa shape index (κ3) is 2.02. The molecule has 0 amide bonds. The molecule has 0 heterocycles. The molecule has 3 N–H and O–H groups in total. The molecule has 0 aromatic rings. The summed E-state index contributed by atoms with van der Waals surface area (Å²) in [5, 5.41) is 24.8. The van der Waals surface area contributed by atoms with Crippen LogP contribution in [0.1, 0.15) is 0 Å². The number of aliphatic hydroxyl groups excluding tert-OH is 3. The van der Waals surface area contributed by atoms with Crippen LogP contribution in [0.25, 0.3) is 0 Å². The van der Waals surface area contributed by atoms with Gasteiger partial charge < -0.3 is 20.1 Å². The molecule has 0 radical (unpaired) electrons. The van der Waals surface area contributed by atoms with Gasteiger partial charge in [-0.3, -0.25) is 0 Å². The number of carbonyl (C=O) groups is 1. The van der Waals surface area contributed by atoms with E-state index in [9.17, 15) is 4.79 Å². The normalized spacial score (nSPS) is 17.4. The Bertz CT molecular complexity index is 72.4. The van der Waals surface area contributed by atoms with E-state index in [4.69, 9.17) is 15.3 Å². The molecule has 0 aromatic carbocycles. The molecule has 0 saturated carbocycles. The number of aldehydes is 1. The van der Waals surface area contributed by atoms with Crippen molar-refractivity contribution >= 4 is 6.29 Å². The molecular formula is C4H8O4. The monoisotopic (exact) mass is 120 g/mol. The van der Waals surface area contributed by atoms with Gasteiger partial charge in [-0.2, -0.15) is 0 Å². The van der Waals surface area contributed by atoms with E-state index in [0.717, 1.165) is 0 Å². The predicted molar refractivity (Wildman–Crippen MR) is 25.2 cm³/mol. The minimum atomic E-state index is -1.46. The quantitative estimate of drug-likeness (QED) is 0.373. The number of hydrogen-bond donors (Lipinski definition) is 3. The zero-order valence-electron chi connectivity index (χ0n) is 4.19. The zero-order chi connectivity index (χ0) is 6.57. The molecular weight excluding hydrogens is 112 g/mol. The molecule has 0 aliphatic heterocycles. The third-order valence-electron chi connectivity index (χ3n) is 0.721. The largest absolute Gasteiger partial charge is 0.394 e. The van der Waals surface area contributed by atoms with E-state index in [2.05, 4.69) is 0 Å². The van der Waals surface area contributed by atoms with Gasteiger partial charge in [-0.1, -0.05) is 0 Å². The summed E-state index contributed by atoms with van der Waals surface area (Å²) in [6.07, 6.45) is -2.63. The van der Waals surface area contributed by atoms with Crippen molar-refractivity contribution in [3.8, 4) is 0 Å². The number of rotatable bonds is 3. The summed E-state index contributed by atoms with van der Waals surface area (Å²) in [4.78, 5) is 9.58. The van der Waals surface area contributed by atoms with Gasteiger partial charge >= 0.3 is 0 Å². The van der Waals surface area contributed by atoms with Crippen LogP contribution >= 0.6 is 0 Å². The second-order valence-corrected chi connectivity index (χ2v) is 1.38. The first-order valence-electron chi connectivity index (χ1n) is 2.14. The molecule has 0 unspecified atom stereocenters. The van der Waals surface area contributed by atoms with Crippen LogP contribution in [-0.4, -0.2) is 40.4 Å². The highest BCUT2D eigenvalue weighted by molar-refractivity contribution is 5.56. The van der Waals surface area contributed by atoms with Crippen LogP contribution in [0.5, 0.6) is 0 Å². The Balaban J connectivity index is 3.44. The second kappa shape index (κ2) is 3.54. The molecule has 0 aromatic heterocycles. The maximum Gasteiger partial charge on any atom is 0.151 e. The van der Waals surface area contributed by atoms with Crippen LogP contribution < -0.4 is 0 Å². The van der Waals surface area contributed by atoms with E-state index in [1.54, 1.807) is 0 Å². The Morgan fingerprint density at radius 2 is 2.00 bits per heavy atom. The van der Waals surface area contributed by atoms with Crippen LogP contribution in [0.4, 0.5) is 0 Å². The highest BCUT2D eigenvalue weighted by atomic mass is 16.4. The summed E-state index contributed by atoms with van der Waals surface area (Å²) in [6, 6.07) is 0. The number of aliphatic hydroxyl groups is 3. The molecule has 0 bridgehead atoms. The first-order chi connectivity index (χ1) is 3.72.